The molecule has 0 spiro atoms. The zero-order valence-electron chi connectivity index (χ0n) is 10.9. The SMILES string of the molecule is CC1=CC(=O)C=C/C1=N/OC(=O)/C=C/c1ccccc1. The first kappa shape index (κ1) is 13.7. The first-order valence-electron chi connectivity index (χ1n) is 6.08. The van der Waals surface area contributed by atoms with Gasteiger partial charge >= 0.3 is 5.97 Å². The number of hydrogen-bond acceptors (Lipinski definition) is 4. The van der Waals surface area contributed by atoms with Crippen molar-refractivity contribution in [3.63, 3.8) is 0 Å². The number of rotatable bonds is 3. The lowest BCUT2D eigenvalue weighted by Gasteiger charge is -2.03. The molecule has 0 saturated heterocycles. The summed E-state index contributed by atoms with van der Waals surface area (Å²) in [5.74, 6) is -0.670. The molecule has 4 heteroatoms. The molecule has 0 bridgehead atoms. The van der Waals surface area contributed by atoms with Crippen LogP contribution in [0.2, 0.25) is 0 Å². The van der Waals surface area contributed by atoms with Crippen LogP contribution in [0.15, 0.2) is 65.4 Å². The van der Waals surface area contributed by atoms with Gasteiger partial charge in [0.15, 0.2) is 5.78 Å². The van der Waals surface area contributed by atoms with Gasteiger partial charge in [0, 0.05) is 6.08 Å². The lowest BCUT2D eigenvalue weighted by atomic mass is 10.1. The highest BCUT2D eigenvalue weighted by Gasteiger charge is 2.08. The van der Waals surface area contributed by atoms with Crippen LogP contribution in [0.4, 0.5) is 0 Å². The molecule has 100 valence electrons. The van der Waals surface area contributed by atoms with Gasteiger partial charge in [0.1, 0.15) is 5.71 Å². The molecule has 1 aromatic rings. The van der Waals surface area contributed by atoms with E-state index in [-0.39, 0.29) is 5.78 Å². The van der Waals surface area contributed by atoms with Crippen LogP contribution < -0.4 is 0 Å². The highest BCUT2D eigenvalue weighted by Crippen LogP contribution is 2.07. The number of oxime groups is 1. The van der Waals surface area contributed by atoms with Crippen LogP contribution in [-0.4, -0.2) is 17.5 Å². The van der Waals surface area contributed by atoms with Gasteiger partial charge in [0.05, 0.1) is 0 Å². The highest BCUT2D eigenvalue weighted by atomic mass is 16.7. The second kappa shape index (κ2) is 6.43. The summed E-state index contributed by atoms with van der Waals surface area (Å²) in [5.41, 5.74) is 2.03. The van der Waals surface area contributed by atoms with Crippen LogP contribution in [0.5, 0.6) is 0 Å². The number of hydrogen-bond donors (Lipinski definition) is 0. The molecule has 0 unspecified atom stereocenters. The van der Waals surface area contributed by atoms with Crippen LogP contribution in [0.25, 0.3) is 6.08 Å². The van der Waals surface area contributed by atoms with Crippen molar-refractivity contribution < 1.29 is 14.4 Å². The van der Waals surface area contributed by atoms with E-state index in [4.69, 9.17) is 4.84 Å². The predicted octanol–water partition coefficient (Wildman–Crippen LogP) is 2.68. The van der Waals surface area contributed by atoms with E-state index in [1.165, 1.54) is 24.3 Å². The first-order valence-corrected chi connectivity index (χ1v) is 6.08. The van der Waals surface area contributed by atoms with Gasteiger partial charge in [-0.2, -0.15) is 0 Å². The van der Waals surface area contributed by atoms with Gasteiger partial charge in [-0.25, -0.2) is 4.79 Å². The highest BCUT2D eigenvalue weighted by molar-refractivity contribution is 6.19. The largest absolute Gasteiger partial charge is 0.358 e. The van der Waals surface area contributed by atoms with Crippen molar-refractivity contribution in [2.45, 2.75) is 6.92 Å². The fraction of sp³-hybridized carbons (Fsp3) is 0.0625. The van der Waals surface area contributed by atoms with Crippen LogP contribution in [-0.2, 0) is 14.4 Å². The van der Waals surface area contributed by atoms with E-state index >= 15 is 0 Å². The van der Waals surface area contributed by atoms with E-state index in [2.05, 4.69) is 5.16 Å². The van der Waals surface area contributed by atoms with Crippen LogP contribution in [0, 0.1) is 0 Å². The summed E-state index contributed by atoms with van der Waals surface area (Å²) < 4.78 is 0. The Bertz CT molecular complexity index is 637. The Hall–Kier alpha value is -2.75. The van der Waals surface area contributed by atoms with Crippen LogP contribution in [0.3, 0.4) is 0 Å². The average Bonchev–Trinajstić information content (AvgIpc) is 2.45. The van der Waals surface area contributed by atoms with Gasteiger partial charge in [-0.1, -0.05) is 35.5 Å². The normalized spacial score (nSPS) is 16.6. The standard InChI is InChI=1S/C16H13NO3/c1-12-11-14(18)8-9-15(12)17-20-16(19)10-7-13-5-3-2-4-6-13/h2-11H,1H3/b10-7+,17-15-. The molecule has 4 nitrogen and oxygen atoms in total. The third-order valence-electron chi connectivity index (χ3n) is 2.61. The van der Waals surface area contributed by atoms with E-state index in [0.29, 0.717) is 11.3 Å². The minimum Gasteiger partial charge on any atom is -0.313 e. The van der Waals surface area contributed by atoms with E-state index < -0.39 is 5.97 Å². The maximum atomic E-state index is 11.5. The Labute approximate surface area is 116 Å². The monoisotopic (exact) mass is 267 g/mol. The Balaban J connectivity index is 1.96. The number of carbonyl (C=O) groups excluding carboxylic acids is 2. The van der Waals surface area contributed by atoms with E-state index in [9.17, 15) is 9.59 Å². The van der Waals surface area contributed by atoms with Gasteiger partial charge in [0.2, 0.25) is 0 Å². The zero-order chi connectivity index (χ0) is 14.4. The summed E-state index contributed by atoms with van der Waals surface area (Å²) in [6.45, 7) is 1.73. The summed E-state index contributed by atoms with van der Waals surface area (Å²) in [6.07, 6.45) is 7.28. The van der Waals surface area contributed by atoms with Crippen molar-refractivity contribution in [3.05, 3.63) is 65.8 Å². The van der Waals surface area contributed by atoms with Crippen LogP contribution >= 0.6 is 0 Å². The second-order valence-corrected chi connectivity index (χ2v) is 4.19. The fourth-order valence-corrected chi connectivity index (χ4v) is 1.58. The number of ketones is 1. The molecular weight excluding hydrogens is 254 g/mol. The summed E-state index contributed by atoms with van der Waals surface area (Å²) in [6, 6.07) is 9.40. The third kappa shape index (κ3) is 3.88. The summed E-state index contributed by atoms with van der Waals surface area (Å²) in [7, 11) is 0. The summed E-state index contributed by atoms with van der Waals surface area (Å²) in [5, 5.41) is 3.72. The third-order valence-corrected chi connectivity index (χ3v) is 2.61. The summed E-state index contributed by atoms with van der Waals surface area (Å²) in [4.78, 5) is 27.4. The molecule has 0 atom stereocenters. The lowest BCUT2D eigenvalue weighted by molar-refractivity contribution is -0.137. The molecule has 20 heavy (non-hydrogen) atoms. The minimum absolute atomic E-state index is 0.100. The molecule has 0 radical (unpaired) electrons. The quantitative estimate of drug-likeness (QED) is 0.366. The molecule has 1 aromatic carbocycles. The zero-order valence-corrected chi connectivity index (χ0v) is 10.9. The van der Waals surface area contributed by atoms with Gasteiger partial charge in [-0.3, -0.25) is 4.79 Å². The van der Waals surface area contributed by atoms with Crippen molar-refractivity contribution >= 4 is 23.5 Å². The number of carbonyl (C=O) groups is 2. The summed E-state index contributed by atoms with van der Waals surface area (Å²) >= 11 is 0. The Morgan fingerprint density at radius 3 is 2.65 bits per heavy atom. The van der Waals surface area contributed by atoms with Gasteiger partial charge in [-0.05, 0) is 42.4 Å². The maximum absolute atomic E-state index is 11.5. The molecule has 0 aliphatic heterocycles. The Morgan fingerprint density at radius 1 is 1.20 bits per heavy atom. The molecule has 0 N–H and O–H groups in total. The van der Waals surface area contributed by atoms with Crippen molar-refractivity contribution in [2.24, 2.45) is 5.16 Å². The smallest absolute Gasteiger partial charge is 0.313 e. The van der Waals surface area contributed by atoms with Crippen LogP contribution in [0.1, 0.15) is 12.5 Å². The molecule has 0 saturated carbocycles. The lowest BCUT2D eigenvalue weighted by Crippen LogP contribution is -2.07. The molecule has 1 aliphatic carbocycles. The topological polar surface area (TPSA) is 55.7 Å². The van der Waals surface area contributed by atoms with E-state index in [1.54, 1.807) is 13.0 Å². The van der Waals surface area contributed by atoms with Crippen molar-refractivity contribution in [1.82, 2.24) is 0 Å². The van der Waals surface area contributed by atoms with Crippen molar-refractivity contribution in [2.75, 3.05) is 0 Å². The maximum Gasteiger partial charge on any atom is 0.358 e. The number of allylic oxidation sites excluding steroid dienone is 4. The van der Waals surface area contributed by atoms with E-state index in [0.717, 1.165) is 5.56 Å². The first-order chi connectivity index (χ1) is 9.65. The number of benzene rings is 1. The van der Waals surface area contributed by atoms with Gasteiger partial charge < -0.3 is 4.84 Å². The minimum atomic E-state index is -0.570. The average molecular weight is 267 g/mol. The predicted molar refractivity (Wildman–Crippen MR) is 76.9 cm³/mol. The second-order valence-electron chi connectivity index (χ2n) is 4.19. The van der Waals surface area contributed by atoms with Gasteiger partial charge in [-0.15, -0.1) is 0 Å². The molecule has 0 aromatic heterocycles. The molecular formula is C16H13NO3. The molecule has 2 rings (SSSR count). The van der Waals surface area contributed by atoms with E-state index in [1.807, 2.05) is 30.3 Å². The fourth-order valence-electron chi connectivity index (χ4n) is 1.58. The number of nitrogens with zero attached hydrogens (tertiary/aromatic N) is 1. The molecule has 0 amide bonds. The molecule has 0 heterocycles. The molecule has 0 fully saturated rings. The van der Waals surface area contributed by atoms with Gasteiger partial charge in [0.25, 0.3) is 0 Å². The van der Waals surface area contributed by atoms with Crippen molar-refractivity contribution in [1.29, 1.82) is 0 Å². The van der Waals surface area contributed by atoms with Crippen molar-refractivity contribution in [3.8, 4) is 0 Å². The Morgan fingerprint density at radius 2 is 1.95 bits per heavy atom. The molecule has 1 aliphatic rings. The Kier molecular flexibility index (Phi) is 4.39.